The van der Waals surface area contributed by atoms with Gasteiger partial charge >= 0.3 is 0 Å². The summed E-state index contributed by atoms with van der Waals surface area (Å²) in [5.74, 6) is 0.0500. The minimum Gasteiger partial charge on any atom is -0.336 e. The Kier molecular flexibility index (Phi) is 5.82. The van der Waals surface area contributed by atoms with Crippen molar-refractivity contribution in [2.24, 2.45) is 7.05 Å². The van der Waals surface area contributed by atoms with Gasteiger partial charge in [-0.15, -0.1) is 0 Å². The van der Waals surface area contributed by atoms with Crippen molar-refractivity contribution in [2.45, 2.75) is 33.2 Å². The highest BCUT2D eigenvalue weighted by Gasteiger charge is 2.32. The maximum absolute atomic E-state index is 13.1. The number of likely N-dealkylation sites (tertiary alicyclic amines) is 1. The number of amides is 1. The molecule has 1 aliphatic heterocycles. The van der Waals surface area contributed by atoms with Crippen molar-refractivity contribution in [3.63, 3.8) is 0 Å². The third kappa shape index (κ3) is 3.58. The lowest BCUT2D eigenvalue weighted by Gasteiger charge is -2.26. The molecule has 26 heavy (non-hydrogen) atoms. The monoisotopic (exact) mass is 418 g/mol. The fourth-order valence-corrected chi connectivity index (χ4v) is 4.39. The second-order valence-electron chi connectivity index (χ2n) is 6.87. The molecule has 0 spiro atoms. The Labute approximate surface area is 164 Å². The number of aryl methyl sites for hydroxylation is 1. The van der Waals surface area contributed by atoms with Crippen molar-refractivity contribution in [3.8, 4) is 11.3 Å². The zero-order valence-corrected chi connectivity index (χ0v) is 17.6. The van der Waals surface area contributed by atoms with E-state index >= 15 is 0 Å². The van der Waals surface area contributed by atoms with Crippen LogP contribution in [-0.2, 0) is 7.05 Å². The molecule has 2 aromatic rings. The minimum atomic E-state index is 0.0500. The van der Waals surface area contributed by atoms with Crippen LogP contribution in [0.5, 0.6) is 0 Å². The van der Waals surface area contributed by atoms with Gasteiger partial charge in [-0.1, -0.05) is 41.9 Å². The third-order valence-electron chi connectivity index (χ3n) is 5.36. The molecule has 0 aliphatic carbocycles. The maximum atomic E-state index is 13.1. The van der Waals surface area contributed by atoms with Gasteiger partial charge in [-0.2, -0.15) is 5.10 Å². The molecule has 1 saturated heterocycles. The van der Waals surface area contributed by atoms with E-state index in [1.54, 1.807) is 0 Å². The lowest BCUT2D eigenvalue weighted by Crippen LogP contribution is -2.38. The fourth-order valence-electron chi connectivity index (χ4n) is 3.99. The van der Waals surface area contributed by atoms with Gasteiger partial charge in [-0.05, 0) is 38.6 Å². The Morgan fingerprint density at radius 1 is 1.35 bits per heavy atom. The van der Waals surface area contributed by atoms with Crippen molar-refractivity contribution in [3.05, 3.63) is 40.0 Å². The zero-order valence-electron chi connectivity index (χ0n) is 16.0. The standard InChI is InChI=1S/C20H27BrN4O/c1-5-24(6-2)17-10-11-25(13-17)20(26)18-14(3)19(23(4)22-18)15-8-7-9-16(21)12-15/h7-9,12,17H,5-6,10-11,13H2,1-4H3. The molecule has 1 aromatic heterocycles. The second-order valence-corrected chi connectivity index (χ2v) is 7.79. The van der Waals surface area contributed by atoms with Crippen LogP contribution in [0.4, 0.5) is 0 Å². The highest BCUT2D eigenvalue weighted by molar-refractivity contribution is 9.10. The van der Waals surface area contributed by atoms with Crippen LogP contribution in [0.3, 0.4) is 0 Å². The van der Waals surface area contributed by atoms with Gasteiger partial charge in [0, 0.05) is 41.8 Å². The molecule has 1 aliphatic rings. The lowest BCUT2D eigenvalue weighted by atomic mass is 10.1. The fraction of sp³-hybridized carbons (Fsp3) is 0.500. The van der Waals surface area contributed by atoms with E-state index in [1.165, 1.54) is 0 Å². The van der Waals surface area contributed by atoms with E-state index in [1.807, 2.05) is 35.7 Å². The molecule has 3 rings (SSSR count). The first kappa shape index (κ1) is 19.1. The van der Waals surface area contributed by atoms with Gasteiger partial charge in [-0.3, -0.25) is 14.4 Å². The smallest absolute Gasteiger partial charge is 0.274 e. The molecule has 140 valence electrons. The summed E-state index contributed by atoms with van der Waals surface area (Å²) in [7, 11) is 1.91. The molecule has 1 unspecified atom stereocenters. The van der Waals surface area contributed by atoms with Gasteiger partial charge < -0.3 is 4.90 Å². The van der Waals surface area contributed by atoms with E-state index in [0.29, 0.717) is 11.7 Å². The number of rotatable bonds is 5. The van der Waals surface area contributed by atoms with E-state index in [4.69, 9.17) is 0 Å². The van der Waals surface area contributed by atoms with Crippen LogP contribution in [0.2, 0.25) is 0 Å². The number of likely N-dealkylation sites (N-methyl/N-ethyl adjacent to an activating group) is 1. The highest BCUT2D eigenvalue weighted by Crippen LogP contribution is 2.29. The van der Waals surface area contributed by atoms with Crippen LogP contribution in [0, 0.1) is 6.92 Å². The topological polar surface area (TPSA) is 41.4 Å². The van der Waals surface area contributed by atoms with Crippen LogP contribution in [0.1, 0.15) is 36.3 Å². The molecule has 2 heterocycles. The Hall–Kier alpha value is -1.66. The average molecular weight is 419 g/mol. The quantitative estimate of drug-likeness (QED) is 0.742. The largest absolute Gasteiger partial charge is 0.336 e. The van der Waals surface area contributed by atoms with E-state index in [0.717, 1.165) is 53.9 Å². The third-order valence-corrected chi connectivity index (χ3v) is 5.86. The van der Waals surface area contributed by atoms with E-state index in [9.17, 15) is 4.79 Å². The van der Waals surface area contributed by atoms with Crippen molar-refractivity contribution < 1.29 is 4.79 Å². The molecule has 1 aromatic carbocycles. The summed E-state index contributed by atoms with van der Waals surface area (Å²) in [6.45, 7) is 10.0. The summed E-state index contributed by atoms with van der Waals surface area (Å²) in [6, 6.07) is 8.57. The Balaban J connectivity index is 1.85. The molecule has 5 nitrogen and oxygen atoms in total. The second kappa shape index (κ2) is 7.92. The molecule has 0 saturated carbocycles. The number of carbonyl (C=O) groups is 1. The van der Waals surface area contributed by atoms with Gasteiger partial charge in [0.2, 0.25) is 0 Å². The van der Waals surface area contributed by atoms with Gasteiger partial charge in [-0.25, -0.2) is 0 Å². The van der Waals surface area contributed by atoms with Gasteiger partial charge in [0.15, 0.2) is 5.69 Å². The number of nitrogens with zero attached hydrogens (tertiary/aromatic N) is 4. The van der Waals surface area contributed by atoms with Crippen molar-refractivity contribution in [1.82, 2.24) is 19.6 Å². The first-order chi connectivity index (χ1) is 12.5. The number of hydrogen-bond donors (Lipinski definition) is 0. The van der Waals surface area contributed by atoms with Crippen molar-refractivity contribution in [1.29, 1.82) is 0 Å². The van der Waals surface area contributed by atoms with E-state index in [-0.39, 0.29) is 5.91 Å². The van der Waals surface area contributed by atoms with Crippen LogP contribution in [-0.4, -0.2) is 57.7 Å². The lowest BCUT2D eigenvalue weighted by molar-refractivity contribution is 0.0770. The number of carbonyl (C=O) groups excluding carboxylic acids is 1. The number of hydrogen-bond acceptors (Lipinski definition) is 3. The molecule has 1 amide bonds. The minimum absolute atomic E-state index is 0.0500. The van der Waals surface area contributed by atoms with Crippen LogP contribution in [0.25, 0.3) is 11.3 Å². The Bertz CT molecular complexity index is 797. The van der Waals surface area contributed by atoms with Gasteiger partial charge in [0.05, 0.1) is 5.69 Å². The molecular formula is C20H27BrN4O. The van der Waals surface area contributed by atoms with Crippen LogP contribution < -0.4 is 0 Å². The molecular weight excluding hydrogens is 392 g/mol. The van der Waals surface area contributed by atoms with Crippen molar-refractivity contribution >= 4 is 21.8 Å². The summed E-state index contributed by atoms with van der Waals surface area (Å²) in [5, 5.41) is 4.57. The summed E-state index contributed by atoms with van der Waals surface area (Å²) >= 11 is 3.52. The van der Waals surface area contributed by atoms with E-state index in [2.05, 4.69) is 51.9 Å². The first-order valence-electron chi connectivity index (χ1n) is 9.29. The van der Waals surface area contributed by atoms with E-state index < -0.39 is 0 Å². The SMILES string of the molecule is CCN(CC)C1CCN(C(=O)c2nn(C)c(-c3cccc(Br)c3)c2C)C1. The summed E-state index contributed by atoms with van der Waals surface area (Å²) in [4.78, 5) is 17.5. The molecule has 6 heteroatoms. The number of benzene rings is 1. The Morgan fingerprint density at radius 2 is 2.08 bits per heavy atom. The zero-order chi connectivity index (χ0) is 18.8. The van der Waals surface area contributed by atoms with Gasteiger partial charge in [0.25, 0.3) is 5.91 Å². The number of halogens is 1. The average Bonchev–Trinajstić information content (AvgIpc) is 3.21. The van der Waals surface area contributed by atoms with Gasteiger partial charge in [0.1, 0.15) is 0 Å². The first-order valence-corrected chi connectivity index (χ1v) is 10.1. The predicted molar refractivity (Wildman–Crippen MR) is 108 cm³/mol. The number of aromatic nitrogens is 2. The summed E-state index contributed by atoms with van der Waals surface area (Å²) in [6.07, 6.45) is 1.04. The molecule has 1 fully saturated rings. The molecule has 0 bridgehead atoms. The normalized spacial score (nSPS) is 17.3. The molecule has 1 atom stereocenters. The van der Waals surface area contributed by atoms with Crippen molar-refractivity contribution in [2.75, 3.05) is 26.2 Å². The van der Waals surface area contributed by atoms with Crippen LogP contribution in [0.15, 0.2) is 28.7 Å². The maximum Gasteiger partial charge on any atom is 0.274 e. The summed E-state index contributed by atoms with van der Waals surface area (Å²) in [5.41, 5.74) is 3.58. The molecule has 0 N–H and O–H groups in total. The predicted octanol–water partition coefficient (Wildman–Crippen LogP) is 3.71. The molecule has 0 radical (unpaired) electrons. The summed E-state index contributed by atoms with van der Waals surface area (Å²) < 4.78 is 2.84. The van der Waals surface area contributed by atoms with Crippen LogP contribution >= 0.6 is 15.9 Å². The Morgan fingerprint density at radius 3 is 2.73 bits per heavy atom. The highest BCUT2D eigenvalue weighted by atomic mass is 79.9.